The summed E-state index contributed by atoms with van der Waals surface area (Å²) in [6.45, 7) is 1.05. The monoisotopic (exact) mass is 134 g/mol. The van der Waals surface area contributed by atoms with E-state index in [1.807, 2.05) is 0 Å². The predicted octanol–water partition coefficient (Wildman–Crippen LogP) is -0.750. The SMILES string of the molecule is CCC(=O)OC(O)CO. The third-order valence-electron chi connectivity index (χ3n) is 0.712. The zero-order valence-corrected chi connectivity index (χ0v) is 5.20. The standard InChI is InChI=1S/C5H10O4/c1-2-4(7)9-5(8)3-6/h5-6,8H,2-3H2,1H3. The minimum atomic E-state index is -1.36. The highest BCUT2D eigenvalue weighted by molar-refractivity contribution is 5.68. The van der Waals surface area contributed by atoms with E-state index >= 15 is 0 Å². The molecule has 0 aliphatic carbocycles. The van der Waals surface area contributed by atoms with Gasteiger partial charge in [0.05, 0.1) is 0 Å². The Labute approximate surface area is 53.1 Å². The molecule has 4 nitrogen and oxygen atoms in total. The van der Waals surface area contributed by atoms with Gasteiger partial charge < -0.3 is 14.9 Å². The van der Waals surface area contributed by atoms with E-state index < -0.39 is 18.9 Å². The smallest absolute Gasteiger partial charge is 0.307 e. The quantitative estimate of drug-likeness (QED) is 0.393. The summed E-state index contributed by atoms with van der Waals surface area (Å²) in [6, 6.07) is 0. The molecule has 0 aliphatic rings. The van der Waals surface area contributed by atoms with Crippen molar-refractivity contribution < 1.29 is 19.7 Å². The minimum absolute atomic E-state index is 0.205. The summed E-state index contributed by atoms with van der Waals surface area (Å²) < 4.78 is 4.22. The molecule has 0 aromatic heterocycles. The summed E-state index contributed by atoms with van der Waals surface area (Å²) in [4.78, 5) is 10.3. The lowest BCUT2D eigenvalue weighted by Gasteiger charge is -2.06. The lowest BCUT2D eigenvalue weighted by atomic mass is 10.5. The van der Waals surface area contributed by atoms with Crippen LogP contribution in [-0.4, -0.2) is 29.1 Å². The van der Waals surface area contributed by atoms with Crippen LogP contribution in [0.3, 0.4) is 0 Å². The fourth-order valence-electron chi connectivity index (χ4n) is 0.272. The summed E-state index contributed by atoms with van der Waals surface area (Å²) in [6.07, 6.45) is -1.16. The fraction of sp³-hybridized carbons (Fsp3) is 0.800. The maximum Gasteiger partial charge on any atom is 0.307 e. The summed E-state index contributed by atoms with van der Waals surface area (Å²) in [5.74, 6) is -0.517. The summed E-state index contributed by atoms with van der Waals surface area (Å²) in [5.41, 5.74) is 0. The number of aliphatic hydroxyl groups excluding tert-OH is 2. The van der Waals surface area contributed by atoms with Gasteiger partial charge in [-0.25, -0.2) is 0 Å². The number of hydrogen-bond acceptors (Lipinski definition) is 4. The van der Waals surface area contributed by atoms with Gasteiger partial charge in [0.2, 0.25) is 6.29 Å². The van der Waals surface area contributed by atoms with E-state index in [0.717, 1.165) is 0 Å². The van der Waals surface area contributed by atoms with Crippen molar-refractivity contribution in [2.45, 2.75) is 19.6 Å². The van der Waals surface area contributed by atoms with Crippen LogP contribution in [0.1, 0.15) is 13.3 Å². The highest BCUT2D eigenvalue weighted by atomic mass is 16.6. The van der Waals surface area contributed by atoms with Crippen LogP contribution in [0, 0.1) is 0 Å². The van der Waals surface area contributed by atoms with E-state index in [-0.39, 0.29) is 6.42 Å². The largest absolute Gasteiger partial charge is 0.433 e. The Bertz CT molecular complexity index is 91.0. The average molecular weight is 134 g/mol. The number of ether oxygens (including phenoxy) is 1. The van der Waals surface area contributed by atoms with Gasteiger partial charge in [0, 0.05) is 6.42 Å². The van der Waals surface area contributed by atoms with E-state index in [4.69, 9.17) is 10.2 Å². The Kier molecular flexibility index (Phi) is 4.00. The molecule has 0 bridgehead atoms. The molecule has 0 aromatic rings. The van der Waals surface area contributed by atoms with E-state index in [0.29, 0.717) is 0 Å². The molecule has 0 aromatic carbocycles. The summed E-state index contributed by atoms with van der Waals surface area (Å²) in [7, 11) is 0. The maximum absolute atomic E-state index is 10.3. The van der Waals surface area contributed by atoms with Crippen molar-refractivity contribution in [2.75, 3.05) is 6.61 Å². The first-order chi connectivity index (χ1) is 4.20. The molecule has 4 heteroatoms. The van der Waals surface area contributed by atoms with Gasteiger partial charge >= 0.3 is 5.97 Å². The Morgan fingerprint density at radius 2 is 2.33 bits per heavy atom. The second-order valence-corrected chi connectivity index (χ2v) is 1.48. The van der Waals surface area contributed by atoms with Crippen molar-refractivity contribution in [3.05, 3.63) is 0 Å². The van der Waals surface area contributed by atoms with Crippen LogP contribution in [0.15, 0.2) is 0 Å². The summed E-state index contributed by atoms with van der Waals surface area (Å²) >= 11 is 0. The molecule has 9 heavy (non-hydrogen) atoms. The normalized spacial score (nSPS) is 12.8. The molecule has 1 unspecified atom stereocenters. The molecule has 0 radical (unpaired) electrons. The Hall–Kier alpha value is -0.610. The van der Waals surface area contributed by atoms with Gasteiger partial charge in [-0.15, -0.1) is 0 Å². The molecule has 0 amide bonds. The van der Waals surface area contributed by atoms with Crippen LogP contribution in [-0.2, 0) is 9.53 Å². The molecule has 0 saturated carbocycles. The van der Waals surface area contributed by atoms with Crippen molar-refractivity contribution in [3.63, 3.8) is 0 Å². The van der Waals surface area contributed by atoms with Crippen LogP contribution < -0.4 is 0 Å². The number of esters is 1. The van der Waals surface area contributed by atoms with Gasteiger partial charge in [0.25, 0.3) is 0 Å². The van der Waals surface area contributed by atoms with Gasteiger partial charge in [-0.1, -0.05) is 6.92 Å². The first-order valence-corrected chi connectivity index (χ1v) is 2.69. The molecule has 0 rings (SSSR count). The van der Waals surface area contributed by atoms with Crippen LogP contribution >= 0.6 is 0 Å². The highest BCUT2D eigenvalue weighted by Crippen LogP contribution is 1.88. The number of carbonyl (C=O) groups is 1. The zero-order chi connectivity index (χ0) is 7.28. The average Bonchev–Trinajstić information content (AvgIpc) is 1.87. The van der Waals surface area contributed by atoms with E-state index in [1.54, 1.807) is 6.92 Å². The van der Waals surface area contributed by atoms with Crippen molar-refractivity contribution in [3.8, 4) is 0 Å². The van der Waals surface area contributed by atoms with Gasteiger partial charge in [0.15, 0.2) is 0 Å². The lowest BCUT2D eigenvalue weighted by molar-refractivity contribution is -0.173. The van der Waals surface area contributed by atoms with E-state index in [2.05, 4.69) is 4.74 Å². The Balaban J connectivity index is 3.34. The fourth-order valence-corrected chi connectivity index (χ4v) is 0.272. The molecule has 0 aliphatic heterocycles. The highest BCUT2D eigenvalue weighted by Gasteiger charge is 2.05. The topological polar surface area (TPSA) is 66.8 Å². The number of rotatable bonds is 3. The van der Waals surface area contributed by atoms with Crippen molar-refractivity contribution in [1.82, 2.24) is 0 Å². The molecular formula is C5H10O4. The van der Waals surface area contributed by atoms with Crippen LogP contribution in [0.25, 0.3) is 0 Å². The minimum Gasteiger partial charge on any atom is -0.433 e. The molecule has 0 saturated heterocycles. The van der Waals surface area contributed by atoms with E-state index in [9.17, 15) is 4.79 Å². The van der Waals surface area contributed by atoms with E-state index in [1.165, 1.54) is 0 Å². The molecular weight excluding hydrogens is 124 g/mol. The van der Waals surface area contributed by atoms with Gasteiger partial charge in [-0.2, -0.15) is 0 Å². The molecule has 2 N–H and O–H groups in total. The Morgan fingerprint density at radius 3 is 2.67 bits per heavy atom. The van der Waals surface area contributed by atoms with Crippen LogP contribution in [0.4, 0.5) is 0 Å². The van der Waals surface area contributed by atoms with Crippen molar-refractivity contribution in [1.29, 1.82) is 0 Å². The molecule has 0 fully saturated rings. The van der Waals surface area contributed by atoms with Gasteiger partial charge in [-0.3, -0.25) is 4.79 Å². The number of aliphatic hydroxyl groups is 2. The molecule has 0 heterocycles. The van der Waals surface area contributed by atoms with Gasteiger partial charge in [-0.05, 0) is 0 Å². The molecule has 1 atom stereocenters. The van der Waals surface area contributed by atoms with Crippen LogP contribution in [0.5, 0.6) is 0 Å². The third kappa shape index (κ3) is 3.93. The number of carbonyl (C=O) groups excluding carboxylic acids is 1. The van der Waals surface area contributed by atoms with Crippen LogP contribution in [0.2, 0.25) is 0 Å². The first-order valence-electron chi connectivity index (χ1n) is 2.69. The Morgan fingerprint density at radius 1 is 1.78 bits per heavy atom. The first kappa shape index (κ1) is 8.39. The third-order valence-corrected chi connectivity index (χ3v) is 0.712. The van der Waals surface area contributed by atoms with Gasteiger partial charge in [0.1, 0.15) is 6.61 Å². The summed E-state index contributed by atoms with van der Waals surface area (Å²) in [5, 5.41) is 16.6. The second kappa shape index (κ2) is 4.29. The molecule has 54 valence electrons. The number of hydrogen-bond donors (Lipinski definition) is 2. The van der Waals surface area contributed by atoms with Crippen molar-refractivity contribution in [2.24, 2.45) is 0 Å². The maximum atomic E-state index is 10.3. The molecule has 0 spiro atoms. The predicted molar refractivity (Wildman–Crippen MR) is 29.5 cm³/mol. The lowest BCUT2D eigenvalue weighted by Crippen LogP contribution is -2.20. The van der Waals surface area contributed by atoms with Crippen molar-refractivity contribution >= 4 is 5.97 Å². The second-order valence-electron chi connectivity index (χ2n) is 1.48. The zero-order valence-electron chi connectivity index (χ0n) is 5.20.